The summed E-state index contributed by atoms with van der Waals surface area (Å²) in [5, 5.41) is 0. The predicted molar refractivity (Wildman–Crippen MR) is 148 cm³/mol. The Labute approximate surface area is 227 Å². The monoisotopic (exact) mass is 523 g/mol. The summed E-state index contributed by atoms with van der Waals surface area (Å²) in [7, 11) is 0. The fraction of sp³-hybridized carbons (Fsp3) is 0.303. The number of carbonyl (C=O) groups excluding carboxylic acids is 3. The van der Waals surface area contributed by atoms with E-state index in [0.717, 1.165) is 0 Å². The minimum atomic E-state index is -1.61. The van der Waals surface area contributed by atoms with Gasteiger partial charge in [0.2, 0.25) is 0 Å². The zero-order valence-electron chi connectivity index (χ0n) is 22.4. The van der Waals surface area contributed by atoms with Crippen LogP contribution in [0.15, 0.2) is 72.8 Å². The lowest BCUT2D eigenvalue weighted by molar-refractivity contribution is -0.127. The first-order valence-corrected chi connectivity index (χ1v) is 13.3. The molecule has 0 bridgehead atoms. The van der Waals surface area contributed by atoms with E-state index in [0.29, 0.717) is 40.3 Å². The number of fused-ring (bicyclic) bond motifs is 5. The molecule has 0 unspecified atom stereocenters. The fourth-order valence-electron chi connectivity index (χ4n) is 6.76. The van der Waals surface area contributed by atoms with Crippen molar-refractivity contribution in [2.45, 2.75) is 45.7 Å². The van der Waals surface area contributed by atoms with Gasteiger partial charge in [-0.3, -0.25) is 14.4 Å². The highest BCUT2D eigenvalue weighted by atomic mass is 19.1. The summed E-state index contributed by atoms with van der Waals surface area (Å²) < 4.78 is 20.3. The second kappa shape index (κ2) is 8.73. The first-order valence-electron chi connectivity index (χ1n) is 13.3. The van der Waals surface area contributed by atoms with Crippen molar-refractivity contribution in [3.8, 4) is 5.75 Å². The Kier molecular flexibility index (Phi) is 5.65. The molecule has 3 atom stereocenters. The second-order valence-corrected chi connectivity index (χ2v) is 11.5. The molecule has 1 saturated heterocycles. The van der Waals surface area contributed by atoms with E-state index in [2.05, 4.69) is 0 Å². The van der Waals surface area contributed by atoms with Gasteiger partial charge in [-0.2, -0.15) is 0 Å². The Hall–Kier alpha value is -4.06. The third kappa shape index (κ3) is 3.40. The van der Waals surface area contributed by atoms with Crippen molar-refractivity contribution in [2.24, 2.45) is 10.8 Å². The summed E-state index contributed by atoms with van der Waals surface area (Å²) in [6, 6.07) is 17.0. The predicted octanol–water partition coefficient (Wildman–Crippen LogP) is 6.27. The Morgan fingerprint density at radius 3 is 2.26 bits per heavy atom. The van der Waals surface area contributed by atoms with Crippen LogP contribution in [-0.2, 0) is 4.79 Å². The number of hydrogen-bond donors (Lipinski definition) is 0. The molecule has 0 N–H and O–H groups in total. The van der Waals surface area contributed by atoms with Gasteiger partial charge in [-0.15, -0.1) is 0 Å². The molecule has 0 amide bonds. The van der Waals surface area contributed by atoms with Gasteiger partial charge in [0.15, 0.2) is 17.3 Å². The molecule has 1 fully saturated rings. The SMILES string of the molecule is CCOc1ccccc1[C@@H]1[C@@H](C(=O)C(C)(C)C)N2c3ccc(F)cc3C=C[C@H]2C12C(=O)c1ccccc1C2=O. The van der Waals surface area contributed by atoms with Gasteiger partial charge in [0.05, 0.1) is 18.7 Å². The first kappa shape index (κ1) is 25.2. The zero-order chi connectivity index (χ0) is 27.7. The van der Waals surface area contributed by atoms with E-state index in [-0.39, 0.29) is 17.3 Å². The highest BCUT2D eigenvalue weighted by molar-refractivity contribution is 6.32. The van der Waals surface area contributed by atoms with Crippen LogP contribution in [0.4, 0.5) is 10.1 Å². The van der Waals surface area contributed by atoms with Gasteiger partial charge in [0.1, 0.15) is 17.0 Å². The minimum absolute atomic E-state index is 0.109. The van der Waals surface area contributed by atoms with Crippen LogP contribution in [0.5, 0.6) is 5.75 Å². The maximum absolute atomic E-state index is 14.6. The molecule has 198 valence electrons. The molecular weight excluding hydrogens is 493 g/mol. The molecule has 1 spiro atoms. The van der Waals surface area contributed by atoms with E-state index in [1.807, 2.05) is 56.9 Å². The van der Waals surface area contributed by atoms with Crippen LogP contribution >= 0.6 is 0 Å². The Bertz CT molecular complexity index is 1530. The van der Waals surface area contributed by atoms with E-state index in [1.54, 1.807) is 42.5 Å². The van der Waals surface area contributed by atoms with Crippen LogP contribution in [-0.4, -0.2) is 36.0 Å². The fourth-order valence-corrected chi connectivity index (χ4v) is 6.76. The average molecular weight is 524 g/mol. The molecule has 6 heteroatoms. The molecule has 3 aromatic carbocycles. The van der Waals surface area contributed by atoms with Gasteiger partial charge >= 0.3 is 0 Å². The molecule has 2 heterocycles. The summed E-state index contributed by atoms with van der Waals surface area (Å²) in [6.07, 6.45) is 3.57. The summed E-state index contributed by atoms with van der Waals surface area (Å²) in [4.78, 5) is 45.6. The van der Waals surface area contributed by atoms with Crippen LogP contribution in [0.2, 0.25) is 0 Å². The van der Waals surface area contributed by atoms with Crippen molar-refractivity contribution >= 4 is 29.1 Å². The molecular formula is C33H30FNO4. The highest BCUT2D eigenvalue weighted by Gasteiger charge is 2.72. The summed E-state index contributed by atoms with van der Waals surface area (Å²) in [5.41, 5.74) is 0.194. The summed E-state index contributed by atoms with van der Waals surface area (Å²) in [5.74, 6) is -1.41. The van der Waals surface area contributed by atoms with Crippen molar-refractivity contribution in [2.75, 3.05) is 11.5 Å². The molecule has 2 aliphatic heterocycles. The third-order valence-corrected chi connectivity index (χ3v) is 8.33. The number of ketones is 3. The van der Waals surface area contributed by atoms with E-state index in [4.69, 9.17) is 4.74 Å². The number of carbonyl (C=O) groups is 3. The number of Topliss-reactive ketones (excluding diaryl/α,β-unsaturated/α-hetero) is 3. The standard InChI is InChI=1S/C33H30FNO4/c1-5-39-25-13-9-8-12-23(25)27-28(31(38)32(2,3)4)35-24-16-15-20(34)18-19(24)14-17-26(35)33(27)29(36)21-10-6-7-11-22(21)30(33)37/h6-18,26-28H,5H2,1-4H3/t26-,27+,28-/m0/s1. The molecule has 3 aromatic rings. The lowest BCUT2D eigenvalue weighted by atomic mass is 9.63. The molecule has 6 rings (SSSR count). The molecule has 0 aromatic heterocycles. The third-order valence-electron chi connectivity index (χ3n) is 8.33. The maximum Gasteiger partial charge on any atom is 0.180 e. The van der Waals surface area contributed by atoms with Crippen molar-refractivity contribution in [1.82, 2.24) is 0 Å². The van der Waals surface area contributed by atoms with Crippen molar-refractivity contribution in [1.29, 1.82) is 0 Å². The number of anilines is 1. The average Bonchev–Trinajstić information content (AvgIpc) is 3.34. The number of rotatable bonds is 4. The van der Waals surface area contributed by atoms with Gasteiger partial charge in [-0.1, -0.05) is 75.4 Å². The quantitative estimate of drug-likeness (QED) is 0.377. The number of hydrogen-bond acceptors (Lipinski definition) is 5. The van der Waals surface area contributed by atoms with Gasteiger partial charge < -0.3 is 9.64 Å². The van der Waals surface area contributed by atoms with Crippen LogP contribution < -0.4 is 9.64 Å². The molecule has 0 saturated carbocycles. The van der Waals surface area contributed by atoms with Crippen molar-refractivity contribution in [3.05, 3.63) is 101 Å². The summed E-state index contributed by atoms with van der Waals surface area (Å²) in [6.45, 7) is 7.79. The smallest absolute Gasteiger partial charge is 0.180 e. The molecule has 3 aliphatic rings. The van der Waals surface area contributed by atoms with Crippen LogP contribution in [0.3, 0.4) is 0 Å². The Morgan fingerprint density at radius 1 is 0.974 bits per heavy atom. The molecule has 1 aliphatic carbocycles. The second-order valence-electron chi connectivity index (χ2n) is 11.5. The van der Waals surface area contributed by atoms with Crippen molar-refractivity contribution in [3.63, 3.8) is 0 Å². The molecule has 5 nitrogen and oxygen atoms in total. The van der Waals surface area contributed by atoms with E-state index < -0.39 is 34.6 Å². The Balaban J connectivity index is 1.72. The lowest BCUT2D eigenvalue weighted by Crippen LogP contribution is -2.49. The van der Waals surface area contributed by atoms with Crippen molar-refractivity contribution < 1.29 is 23.5 Å². The minimum Gasteiger partial charge on any atom is -0.494 e. The van der Waals surface area contributed by atoms with E-state index >= 15 is 0 Å². The lowest BCUT2D eigenvalue weighted by Gasteiger charge is -2.38. The number of nitrogens with zero attached hydrogens (tertiary/aromatic N) is 1. The van der Waals surface area contributed by atoms with Gasteiger partial charge in [-0.05, 0) is 31.2 Å². The zero-order valence-corrected chi connectivity index (χ0v) is 22.4. The van der Waals surface area contributed by atoms with Crippen LogP contribution in [0.1, 0.15) is 65.5 Å². The molecule has 39 heavy (non-hydrogen) atoms. The normalized spacial score (nSPS) is 22.6. The van der Waals surface area contributed by atoms with Crippen LogP contribution in [0.25, 0.3) is 6.08 Å². The maximum atomic E-state index is 14.6. The first-order chi connectivity index (χ1) is 18.6. The number of benzene rings is 3. The summed E-state index contributed by atoms with van der Waals surface area (Å²) >= 11 is 0. The topological polar surface area (TPSA) is 63.7 Å². The highest BCUT2D eigenvalue weighted by Crippen LogP contribution is 2.62. The number of para-hydroxylation sites is 1. The Morgan fingerprint density at radius 2 is 1.62 bits per heavy atom. The van der Waals surface area contributed by atoms with Gasteiger partial charge in [-0.25, -0.2) is 4.39 Å². The van der Waals surface area contributed by atoms with Gasteiger partial charge in [0.25, 0.3) is 0 Å². The number of halogens is 1. The molecule has 0 radical (unpaired) electrons. The van der Waals surface area contributed by atoms with Crippen LogP contribution in [0, 0.1) is 16.6 Å². The van der Waals surface area contributed by atoms with Gasteiger partial charge in [0, 0.05) is 39.3 Å². The van der Waals surface area contributed by atoms with E-state index in [1.165, 1.54) is 12.1 Å². The van der Waals surface area contributed by atoms with E-state index in [9.17, 15) is 18.8 Å². The largest absolute Gasteiger partial charge is 0.494 e. The number of ether oxygens (including phenoxy) is 1.